The van der Waals surface area contributed by atoms with E-state index < -0.39 is 17.7 Å². The fourth-order valence-electron chi connectivity index (χ4n) is 1.79. The highest BCUT2D eigenvalue weighted by Gasteiger charge is 2.37. The van der Waals surface area contributed by atoms with Gasteiger partial charge in [-0.25, -0.2) is 4.79 Å². The molecule has 20 heavy (non-hydrogen) atoms. The zero-order valence-corrected chi connectivity index (χ0v) is 12.3. The van der Waals surface area contributed by atoms with E-state index in [4.69, 9.17) is 15.0 Å². The summed E-state index contributed by atoms with van der Waals surface area (Å²) in [5, 5.41) is 3.67. The monoisotopic (exact) mass is 280 g/mol. The molecule has 0 spiro atoms. The van der Waals surface area contributed by atoms with Crippen molar-refractivity contribution in [2.45, 2.75) is 45.4 Å². The molecule has 2 atom stereocenters. The van der Waals surface area contributed by atoms with E-state index in [0.717, 1.165) is 0 Å². The van der Waals surface area contributed by atoms with Crippen LogP contribution in [0.2, 0.25) is 0 Å². The first-order chi connectivity index (χ1) is 9.37. The van der Waals surface area contributed by atoms with Gasteiger partial charge in [-0.1, -0.05) is 11.0 Å². The number of hydrogen-bond acceptors (Lipinski definition) is 4. The van der Waals surface area contributed by atoms with E-state index in [9.17, 15) is 4.79 Å². The van der Waals surface area contributed by atoms with Crippen molar-refractivity contribution in [2.75, 3.05) is 19.7 Å². The SMILES string of the molecule is CC#CCO[C@H]1CN(C(=O)OC(C)(C)C)CC1N=[N+]=[N-]. The van der Waals surface area contributed by atoms with Crippen molar-refractivity contribution in [1.82, 2.24) is 4.90 Å². The molecule has 1 aliphatic rings. The molecule has 0 aromatic carbocycles. The summed E-state index contributed by atoms with van der Waals surface area (Å²) in [4.78, 5) is 16.3. The van der Waals surface area contributed by atoms with Crippen LogP contribution >= 0.6 is 0 Å². The Morgan fingerprint density at radius 2 is 2.20 bits per heavy atom. The smallest absolute Gasteiger partial charge is 0.410 e. The molecule has 7 heteroatoms. The highest BCUT2D eigenvalue weighted by Crippen LogP contribution is 2.20. The maximum absolute atomic E-state index is 12.0. The van der Waals surface area contributed by atoms with Gasteiger partial charge in [0, 0.05) is 11.5 Å². The number of likely N-dealkylation sites (tertiary alicyclic amines) is 1. The van der Waals surface area contributed by atoms with Gasteiger partial charge >= 0.3 is 6.09 Å². The van der Waals surface area contributed by atoms with Crippen molar-refractivity contribution < 1.29 is 14.3 Å². The lowest BCUT2D eigenvalue weighted by molar-refractivity contribution is 0.0236. The first-order valence-electron chi connectivity index (χ1n) is 6.40. The second-order valence-electron chi connectivity index (χ2n) is 5.43. The van der Waals surface area contributed by atoms with Crippen LogP contribution in [0.25, 0.3) is 10.4 Å². The Bertz CT molecular complexity index is 454. The van der Waals surface area contributed by atoms with Crippen LogP contribution in [-0.4, -0.2) is 48.4 Å². The summed E-state index contributed by atoms with van der Waals surface area (Å²) >= 11 is 0. The molecule has 7 nitrogen and oxygen atoms in total. The molecular formula is C13H20N4O3. The van der Waals surface area contributed by atoms with Gasteiger partial charge in [0.15, 0.2) is 0 Å². The summed E-state index contributed by atoms with van der Waals surface area (Å²) in [5.74, 6) is 5.50. The lowest BCUT2D eigenvalue weighted by Gasteiger charge is -2.24. The van der Waals surface area contributed by atoms with Crippen LogP contribution in [0.4, 0.5) is 4.79 Å². The highest BCUT2D eigenvalue weighted by molar-refractivity contribution is 5.68. The second kappa shape index (κ2) is 7.04. The summed E-state index contributed by atoms with van der Waals surface area (Å²) in [6.45, 7) is 8.01. The van der Waals surface area contributed by atoms with E-state index in [1.54, 1.807) is 27.7 Å². The summed E-state index contributed by atoms with van der Waals surface area (Å²) < 4.78 is 10.8. The van der Waals surface area contributed by atoms with Gasteiger partial charge in [0.1, 0.15) is 12.2 Å². The Morgan fingerprint density at radius 1 is 1.50 bits per heavy atom. The molecule has 0 saturated carbocycles. The van der Waals surface area contributed by atoms with Crippen LogP contribution in [0.1, 0.15) is 27.7 Å². The molecular weight excluding hydrogens is 260 g/mol. The summed E-state index contributed by atoms with van der Waals surface area (Å²) in [7, 11) is 0. The zero-order valence-electron chi connectivity index (χ0n) is 12.3. The van der Waals surface area contributed by atoms with Crippen LogP contribution in [0.3, 0.4) is 0 Å². The van der Waals surface area contributed by atoms with E-state index in [1.165, 1.54) is 4.90 Å². The molecule has 1 amide bonds. The van der Waals surface area contributed by atoms with Crippen LogP contribution in [0, 0.1) is 11.8 Å². The fourth-order valence-corrected chi connectivity index (χ4v) is 1.79. The van der Waals surface area contributed by atoms with Gasteiger partial charge < -0.3 is 14.4 Å². The molecule has 0 aromatic rings. The van der Waals surface area contributed by atoms with Crippen LogP contribution < -0.4 is 0 Å². The van der Waals surface area contributed by atoms with Crippen molar-refractivity contribution in [1.29, 1.82) is 0 Å². The van der Waals surface area contributed by atoms with E-state index in [2.05, 4.69) is 21.9 Å². The molecule has 1 heterocycles. The molecule has 1 saturated heterocycles. The average molecular weight is 280 g/mol. The van der Waals surface area contributed by atoms with Crippen molar-refractivity contribution in [3.63, 3.8) is 0 Å². The number of nitrogens with zero attached hydrogens (tertiary/aromatic N) is 4. The van der Waals surface area contributed by atoms with Crippen molar-refractivity contribution in [2.24, 2.45) is 5.11 Å². The number of amides is 1. The largest absolute Gasteiger partial charge is 0.444 e. The first-order valence-corrected chi connectivity index (χ1v) is 6.40. The minimum atomic E-state index is -0.558. The Balaban J connectivity index is 2.66. The van der Waals surface area contributed by atoms with Crippen LogP contribution in [0.15, 0.2) is 5.11 Å². The predicted molar refractivity (Wildman–Crippen MR) is 73.9 cm³/mol. The van der Waals surface area contributed by atoms with Gasteiger partial charge in [0.2, 0.25) is 0 Å². The number of carbonyl (C=O) groups is 1. The van der Waals surface area contributed by atoms with E-state index in [0.29, 0.717) is 13.1 Å². The Kier molecular flexibility index (Phi) is 5.68. The lowest BCUT2D eigenvalue weighted by atomic mass is 10.2. The summed E-state index contributed by atoms with van der Waals surface area (Å²) in [6.07, 6.45) is -0.775. The fraction of sp³-hybridized carbons (Fsp3) is 0.769. The van der Waals surface area contributed by atoms with E-state index in [-0.39, 0.29) is 12.7 Å². The molecule has 0 aromatic heterocycles. The molecule has 0 bridgehead atoms. The topological polar surface area (TPSA) is 87.5 Å². The van der Waals surface area contributed by atoms with Gasteiger partial charge in [0.25, 0.3) is 0 Å². The average Bonchev–Trinajstić information content (AvgIpc) is 2.72. The minimum absolute atomic E-state index is 0.251. The standard InChI is InChI=1S/C13H20N4O3/c1-5-6-7-19-11-9-17(8-10(11)15-16-14)12(18)20-13(2,3)4/h10-11H,7-9H2,1-4H3/t10?,11-/m0/s1. The molecule has 1 aliphatic heterocycles. The zero-order chi connectivity index (χ0) is 15.2. The highest BCUT2D eigenvalue weighted by atomic mass is 16.6. The van der Waals surface area contributed by atoms with Gasteiger partial charge in [-0.2, -0.15) is 0 Å². The number of ether oxygens (including phenoxy) is 2. The third kappa shape index (κ3) is 5.00. The number of hydrogen-bond donors (Lipinski definition) is 0. The number of rotatable bonds is 3. The van der Waals surface area contributed by atoms with Gasteiger partial charge in [-0.3, -0.25) is 0 Å². The normalized spacial score (nSPS) is 21.7. The third-order valence-corrected chi connectivity index (χ3v) is 2.63. The Labute approximate surface area is 118 Å². The first kappa shape index (κ1) is 16.2. The van der Waals surface area contributed by atoms with Crippen LogP contribution in [-0.2, 0) is 9.47 Å². The van der Waals surface area contributed by atoms with Crippen molar-refractivity contribution in [3.05, 3.63) is 10.4 Å². The molecule has 1 fully saturated rings. The molecule has 0 aliphatic carbocycles. The molecule has 110 valence electrons. The van der Waals surface area contributed by atoms with Gasteiger partial charge in [-0.15, -0.1) is 5.92 Å². The molecule has 1 unspecified atom stereocenters. The van der Waals surface area contributed by atoms with E-state index in [1.807, 2.05) is 0 Å². The molecule has 0 radical (unpaired) electrons. The summed E-state index contributed by atoms with van der Waals surface area (Å²) in [6, 6.07) is -0.411. The predicted octanol–water partition coefficient (Wildman–Crippen LogP) is 2.32. The number of carbonyl (C=O) groups excluding carboxylic acids is 1. The number of azide groups is 1. The minimum Gasteiger partial charge on any atom is -0.444 e. The van der Waals surface area contributed by atoms with Gasteiger partial charge in [0.05, 0.1) is 18.7 Å². The van der Waals surface area contributed by atoms with Crippen molar-refractivity contribution >= 4 is 6.09 Å². The third-order valence-electron chi connectivity index (χ3n) is 2.63. The maximum Gasteiger partial charge on any atom is 0.410 e. The quantitative estimate of drug-likeness (QED) is 0.344. The summed E-state index contributed by atoms with van der Waals surface area (Å²) in [5.41, 5.74) is 8.01. The molecule has 1 rings (SSSR count). The van der Waals surface area contributed by atoms with Crippen LogP contribution in [0.5, 0.6) is 0 Å². The lowest BCUT2D eigenvalue weighted by Crippen LogP contribution is -2.36. The Morgan fingerprint density at radius 3 is 2.75 bits per heavy atom. The Hall–Kier alpha value is -1.90. The van der Waals surface area contributed by atoms with E-state index >= 15 is 0 Å². The second-order valence-corrected chi connectivity index (χ2v) is 5.43. The molecule has 0 N–H and O–H groups in total. The van der Waals surface area contributed by atoms with Crippen molar-refractivity contribution in [3.8, 4) is 11.8 Å². The van der Waals surface area contributed by atoms with Gasteiger partial charge in [-0.05, 0) is 33.2 Å². The maximum atomic E-state index is 12.0.